The average Bonchev–Trinajstić information content (AvgIpc) is 3.07. The van der Waals surface area contributed by atoms with Crippen LogP contribution >= 0.6 is 12.2 Å². The van der Waals surface area contributed by atoms with E-state index in [1.807, 2.05) is 49.3 Å². The molecule has 1 aliphatic heterocycles. The number of anilines is 1. The molecule has 1 aromatic carbocycles. The first-order chi connectivity index (χ1) is 15.3. The average molecular weight is 453 g/mol. The lowest BCUT2D eigenvalue weighted by molar-refractivity contribution is -0.121. The van der Waals surface area contributed by atoms with Crippen LogP contribution in [0, 0.1) is 28.6 Å². The summed E-state index contributed by atoms with van der Waals surface area (Å²) in [4.78, 5) is 26.0. The summed E-state index contributed by atoms with van der Waals surface area (Å²) in [5.41, 5.74) is 2.16. The summed E-state index contributed by atoms with van der Waals surface area (Å²) in [7, 11) is 1.90. The molecular formula is C25H32N4O2S. The summed E-state index contributed by atoms with van der Waals surface area (Å²) in [6, 6.07) is 9.00. The van der Waals surface area contributed by atoms with Crippen LogP contribution in [0.3, 0.4) is 0 Å². The van der Waals surface area contributed by atoms with Crippen LogP contribution in [0.5, 0.6) is 0 Å². The van der Waals surface area contributed by atoms with E-state index in [1.54, 1.807) is 5.01 Å². The molecule has 2 amide bonds. The number of thiocarbonyl (C=S) groups is 1. The van der Waals surface area contributed by atoms with Crippen molar-refractivity contribution >= 4 is 34.8 Å². The lowest BCUT2D eigenvalue weighted by Gasteiger charge is -2.26. The third-order valence-corrected chi connectivity index (χ3v) is 9.71. The van der Waals surface area contributed by atoms with Crippen molar-refractivity contribution in [3.63, 3.8) is 0 Å². The summed E-state index contributed by atoms with van der Waals surface area (Å²) < 4.78 is 0. The highest BCUT2D eigenvalue weighted by atomic mass is 32.1. The van der Waals surface area contributed by atoms with Gasteiger partial charge in [-0.05, 0) is 98.4 Å². The number of nitrogens with one attached hydrogen (secondary N) is 2. The van der Waals surface area contributed by atoms with Crippen LogP contribution in [0.25, 0.3) is 0 Å². The molecule has 1 aromatic rings. The topological polar surface area (TPSA) is 64.7 Å². The van der Waals surface area contributed by atoms with E-state index in [-0.39, 0.29) is 23.0 Å². The Morgan fingerprint density at radius 1 is 1.16 bits per heavy atom. The molecule has 0 radical (unpaired) electrons. The first-order valence-corrected chi connectivity index (χ1v) is 12.4. The molecule has 7 rings (SSSR count). The number of carbonyl (C=O) groups excluding carboxylic acids is 2. The van der Waals surface area contributed by atoms with Crippen LogP contribution in [-0.4, -0.2) is 41.1 Å². The van der Waals surface area contributed by atoms with Gasteiger partial charge in [0.1, 0.15) is 6.04 Å². The maximum absolute atomic E-state index is 13.1. The Bertz CT molecular complexity index is 965. The largest absolute Gasteiger partial charge is 0.349 e. The Kier molecular flexibility index (Phi) is 4.51. The number of fused-ring (bicyclic) bond motifs is 1. The van der Waals surface area contributed by atoms with Crippen molar-refractivity contribution in [2.24, 2.45) is 28.6 Å². The van der Waals surface area contributed by atoms with Gasteiger partial charge in [0.05, 0.1) is 11.7 Å². The fraction of sp³-hybridized carbons (Fsp3) is 0.640. The van der Waals surface area contributed by atoms with E-state index in [0.29, 0.717) is 29.1 Å². The molecule has 1 saturated heterocycles. The quantitative estimate of drug-likeness (QED) is 0.687. The smallest absolute Gasteiger partial charge is 0.265 e. The lowest BCUT2D eigenvalue weighted by atomic mass is 9.84. The summed E-state index contributed by atoms with van der Waals surface area (Å²) in [6.07, 6.45) is 8.74. The predicted molar refractivity (Wildman–Crippen MR) is 126 cm³/mol. The second kappa shape index (κ2) is 7.00. The SMILES string of the molecule is C[C@H]1[C@H](NC(=S)NC(=O)C[C@@H]2CC3C[C@@]45CC2C[C@@]4(C3)C5)C(=O)N(c2ccccc2)N1C. The number of likely N-dealkylation sites (N-methyl/N-ethyl adjacent to an activating group) is 1. The first kappa shape index (κ1) is 20.6. The zero-order valence-corrected chi connectivity index (χ0v) is 19.7. The second-order valence-electron chi connectivity index (χ2n) is 11.2. The summed E-state index contributed by atoms with van der Waals surface area (Å²) >= 11 is 5.45. The van der Waals surface area contributed by atoms with Gasteiger partial charge in [0, 0.05) is 13.5 Å². The van der Waals surface area contributed by atoms with Crippen LogP contribution in [0.2, 0.25) is 0 Å². The maximum atomic E-state index is 13.1. The number of carbonyl (C=O) groups is 2. The summed E-state index contributed by atoms with van der Waals surface area (Å²) in [5, 5.41) is 9.84. The third-order valence-electron chi connectivity index (χ3n) is 9.49. The van der Waals surface area contributed by atoms with Gasteiger partial charge in [-0.3, -0.25) is 9.59 Å². The number of para-hydroxylation sites is 1. The number of nitrogens with zero attached hydrogens (tertiary/aromatic N) is 2. The maximum Gasteiger partial charge on any atom is 0.265 e. The normalized spacial score (nSPS) is 41.5. The molecule has 6 fully saturated rings. The fourth-order valence-corrected chi connectivity index (χ4v) is 8.34. The van der Waals surface area contributed by atoms with Crippen molar-refractivity contribution in [1.82, 2.24) is 15.6 Å². The number of hydrogen-bond donors (Lipinski definition) is 2. The Morgan fingerprint density at radius 2 is 1.84 bits per heavy atom. The summed E-state index contributed by atoms with van der Waals surface area (Å²) in [6.45, 7) is 1.99. The minimum Gasteiger partial charge on any atom is -0.349 e. The van der Waals surface area contributed by atoms with E-state index in [2.05, 4.69) is 10.6 Å². The van der Waals surface area contributed by atoms with Gasteiger partial charge in [-0.1, -0.05) is 18.2 Å². The highest BCUT2D eigenvalue weighted by molar-refractivity contribution is 7.80. The Balaban J connectivity index is 1.06. The van der Waals surface area contributed by atoms with Crippen LogP contribution < -0.4 is 15.6 Å². The van der Waals surface area contributed by atoms with Gasteiger partial charge in [-0.25, -0.2) is 10.0 Å². The van der Waals surface area contributed by atoms with Crippen molar-refractivity contribution in [3.05, 3.63) is 30.3 Å². The molecule has 32 heavy (non-hydrogen) atoms. The molecule has 2 spiro atoms. The Hall–Kier alpha value is -1.99. The molecule has 6 aliphatic rings. The van der Waals surface area contributed by atoms with Gasteiger partial charge in [0.15, 0.2) is 5.11 Å². The molecule has 5 saturated carbocycles. The van der Waals surface area contributed by atoms with Crippen molar-refractivity contribution in [3.8, 4) is 0 Å². The molecule has 0 unspecified atom stereocenters. The minimum atomic E-state index is -0.501. The Morgan fingerprint density at radius 3 is 2.53 bits per heavy atom. The van der Waals surface area contributed by atoms with Crippen molar-refractivity contribution < 1.29 is 9.59 Å². The summed E-state index contributed by atoms with van der Waals surface area (Å²) in [5.74, 6) is 1.95. The van der Waals surface area contributed by atoms with E-state index < -0.39 is 6.04 Å². The first-order valence-electron chi connectivity index (χ1n) is 12.0. The van der Waals surface area contributed by atoms with E-state index in [1.165, 1.54) is 38.5 Å². The van der Waals surface area contributed by atoms with Gasteiger partial charge in [-0.15, -0.1) is 0 Å². The van der Waals surface area contributed by atoms with Gasteiger partial charge in [0.25, 0.3) is 5.91 Å². The molecule has 5 atom stereocenters. The van der Waals surface area contributed by atoms with E-state index >= 15 is 0 Å². The molecule has 7 heteroatoms. The molecule has 6 nitrogen and oxygen atoms in total. The fourth-order valence-electron chi connectivity index (χ4n) is 8.09. The van der Waals surface area contributed by atoms with E-state index in [9.17, 15) is 9.59 Å². The van der Waals surface area contributed by atoms with E-state index in [4.69, 9.17) is 12.2 Å². The number of hydrogen-bond acceptors (Lipinski definition) is 4. The monoisotopic (exact) mass is 452 g/mol. The van der Waals surface area contributed by atoms with E-state index in [0.717, 1.165) is 11.6 Å². The van der Waals surface area contributed by atoms with Crippen molar-refractivity contribution in [1.29, 1.82) is 0 Å². The van der Waals surface area contributed by atoms with Crippen LogP contribution in [0.4, 0.5) is 5.69 Å². The second-order valence-corrected chi connectivity index (χ2v) is 11.6. The number of rotatable bonds is 4. The molecule has 1 heterocycles. The molecule has 170 valence electrons. The molecule has 2 N–H and O–H groups in total. The van der Waals surface area contributed by atoms with Crippen molar-refractivity contribution in [2.75, 3.05) is 12.1 Å². The zero-order chi connectivity index (χ0) is 22.3. The molecule has 4 bridgehead atoms. The number of benzene rings is 1. The van der Waals surface area contributed by atoms with Crippen LogP contribution in [0.15, 0.2) is 30.3 Å². The predicted octanol–water partition coefficient (Wildman–Crippen LogP) is 3.23. The Labute approximate surface area is 195 Å². The lowest BCUT2D eigenvalue weighted by Crippen LogP contribution is -2.50. The zero-order valence-electron chi connectivity index (χ0n) is 18.8. The number of hydrazine groups is 1. The molecular weight excluding hydrogens is 420 g/mol. The number of amides is 2. The highest BCUT2D eigenvalue weighted by Gasteiger charge is 2.77. The van der Waals surface area contributed by atoms with Crippen LogP contribution in [0.1, 0.15) is 51.9 Å². The minimum absolute atomic E-state index is 0.00917. The highest BCUT2D eigenvalue weighted by Crippen LogP contribution is 2.86. The third kappa shape index (κ3) is 2.97. The van der Waals surface area contributed by atoms with Gasteiger partial charge in [0.2, 0.25) is 5.91 Å². The van der Waals surface area contributed by atoms with Crippen molar-refractivity contribution in [2.45, 2.75) is 64.0 Å². The van der Waals surface area contributed by atoms with Gasteiger partial charge < -0.3 is 10.6 Å². The van der Waals surface area contributed by atoms with Crippen LogP contribution in [-0.2, 0) is 9.59 Å². The molecule has 0 aromatic heterocycles. The van der Waals surface area contributed by atoms with Gasteiger partial charge >= 0.3 is 0 Å². The molecule has 5 aliphatic carbocycles. The standard InChI is InChI=1S/C25H32N4O2S/c1-15-21(22(31)29(28(15)2)19-6-4-3-5-7-19)27-23(32)26-20(30)9-17-8-16-10-24-12-18(17)13-25(24,11-16)14-24/h3-7,15-18,21H,8-14H2,1-2H3,(H2,26,27,30,32)/t15-,16?,17-,18?,21-,24-,25-/m0/s1. The van der Waals surface area contributed by atoms with Gasteiger partial charge in [-0.2, -0.15) is 0 Å².